The first kappa shape index (κ1) is 12.4. The van der Waals surface area contributed by atoms with Crippen LogP contribution in [0.4, 0.5) is 0 Å². The fourth-order valence-electron chi connectivity index (χ4n) is 3.12. The Labute approximate surface area is 104 Å². The topological polar surface area (TPSA) is 23.5 Å². The molecule has 2 heteroatoms. The van der Waals surface area contributed by atoms with Crippen LogP contribution in [0.25, 0.3) is 0 Å². The number of phenols is 1. The average molecular weight is 233 g/mol. The van der Waals surface area contributed by atoms with Crippen LogP contribution >= 0.6 is 0 Å². The molecule has 0 radical (unpaired) electrons. The van der Waals surface area contributed by atoms with Gasteiger partial charge in [0.25, 0.3) is 0 Å². The SMILES string of the molecule is CCC(CC)N(C)C1CCc2cc(O)ccc21. The predicted molar refractivity (Wildman–Crippen MR) is 71.3 cm³/mol. The maximum absolute atomic E-state index is 9.51. The van der Waals surface area contributed by atoms with E-state index in [1.165, 1.54) is 30.4 Å². The van der Waals surface area contributed by atoms with Crippen molar-refractivity contribution in [3.05, 3.63) is 29.3 Å². The van der Waals surface area contributed by atoms with E-state index in [1.807, 2.05) is 12.1 Å². The van der Waals surface area contributed by atoms with Crippen LogP contribution in [-0.2, 0) is 6.42 Å². The molecule has 0 aliphatic heterocycles. The molecule has 2 nitrogen and oxygen atoms in total. The summed E-state index contributed by atoms with van der Waals surface area (Å²) in [7, 11) is 2.24. The van der Waals surface area contributed by atoms with Crippen LogP contribution in [0.2, 0.25) is 0 Å². The molecular formula is C15H23NO. The zero-order chi connectivity index (χ0) is 12.4. The van der Waals surface area contributed by atoms with Gasteiger partial charge in [-0.1, -0.05) is 19.9 Å². The zero-order valence-corrected chi connectivity index (χ0v) is 11.1. The summed E-state index contributed by atoms with van der Waals surface area (Å²) in [6.45, 7) is 4.52. The summed E-state index contributed by atoms with van der Waals surface area (Å²) in [5.74, 6) is 0.398. The number of fused-ring (bicyclic) bond motifs is 1. The van der Waals surface area contributed by atoms with Gasteiger partial charge in [0.15, 0.2) is 0 Å². The number of rotatable bonds is 4. The summed E-state index contributed by atoms with van der Waals surface area (Å²) in [4.78, 5) is 2.52. The van der Waals surface area contributed by atoms with E-state index in [9.17, 15) is 5.11 Å². The first-order chi connectivity index (χ1) is 8.17. The molecule has 0 fully saturated rings. The van der Waals surface area contributed by atoms with Gasteiger partial charge in [0.05, 0.1) is 0 Å². The number of aromatic hydroxyl groups is 1. The van der Waals surface area contributed by atoms with E-state index in [1.54, 1.807) is 0 Å². The molecular weight excluding hydrogens is 210 g/mol. The van der Waals surface area contributed by atoms with Crippen molar-refractivity contribution in [2.45, 2.75) is 51.6 Å². The van der Waals surface area contributed by atoms with Crippen molar-refractivity contribution in [1.29, 1.82) is 0 Å². The average Bonchev–Trinajstić information content (AvgIpc) is 2.73. The minimum Gasteiger partial charge on any atom is -0.508 e. The molecule has 1 aliphatic rings. The van der Waals surface area contributed by atoms with Gasteiger partial charge in [-0.15, -0.1) is 0 Å². The van der Waals surface area contributed by atoms with Crippen LogP contribution in [0, 0.1) is 0 Å². The Kier molecular flexibility index (Phi) is 3.72. The van der Waals surface area contributed by atoms with Crippen LogP contribution in [0.3, 0.4) is 0 Å². The molecule has 1 aromatic carbocycles. The Bertz CT molecular complexity index is 385. The third kappa shape index (κ3) is 2.32. The molecule has 0 saturated carbocycles. The van der Waals surface area contributed by atoms with E-state index in [4.69, 9.17) is 0 Å². The molecule has 94 valence electrons. The molecule has 0 saturated heterocycles. The third-order valence-corrected chi connectivity index (χ3v) is 4.18. The normalized spacial score (nSPS) is 19.0. The summed E-state index contributed by atoms with van der Waals surface area (Å²) < 4.78 is 0. The summed E-state index contributed by atoms with van der Waals surface area (Å²) in [5, 5.41) is 9.51. The van der Waals surface area contributed by atoms with Gasteiger partial charge in [-0.05, 0) is 56.0 Å². The lowest BCUT2D eigenvalue weighted by Gasteiger charge is -2.32. The third-order valence-electron chi connectivity index (χ3n) is 4.18. The van der Waals surface area contributed by atoms with Crippen LogP contribution < -0.4 is 0 Å². The maximum atomic E-state index is 9.51. The minimum absolute atomic E-state index is 0.398. The second kappa shape index (κ2) is 5.09. The first-order valence-electron chi connectivity index (χ1n) is 6.71. The smallest absolute Gasteiger partial charge is 0.115 e. The Hall–Kier alpha value is -1.02. The highest BCUT2D eigenvalue weighted by Gasteiger charge is 2.28. The van der Waals surface area contributed by atoms with E-state index in [2.05, 4.69) is 31.9 Å². The quantitative estimate of drug-likeness (QED) is 0.860. The highest BCUT2D eigenvalue weighted by Crippen LogP contribution is 2.38. The van der Waals surface area contributed by atoms with Crippen molar-refractivity contribution < 1.29 is 5.11 Å². The second-order valence-electron chi connectivity index (χ2n) is 5.07. The standard InChI is InChI=1S/C15H23NO/c1-4-12(5-2)16(3)15-9-6-11-10-13(17)7-8-14(11)15/h7-8,10,12,15,17H,4-6,9H2,1-3H3. The van der Waals surface area contributed by atoms with Crippen LogP contribution in [0.15, 0.2) is 18.2 Å². The van der Waals surface area contributed by atoms with Gasteiger partial charge in [-0.25, -0.2) is 0 Å². The molecule has 1 atom stereocenters. The Balaban J connectivity index is 2.21. The number of hydrogen-bond acceptors (Lipinski definition) is 2. The Morgan fingerprint density at radius 3 is 2.71 bits per heavy atom. The van der Waals surface area contributed by atoms with Gasteiger partial charge in [-0.2, -0.15) is 0 Å². The molecule has 0 amide bonds. The fourth-order valence-corrected chi connectivity index (χ4v) is 3.12. The Morgan fingerprint density at radius 1 is 1.35 bits per heavy atom. The molecule has 1 aliphatic carbocycles. The van der Waals surface area contributed by atoms with E-state index in [0.29, 0.717) is 17.8 Å². The molecule has 1 N–H and O–H groups in total. The van der Waals surface area contributed by atoms with Crippen molar-refractivity contribution in [2.75, 3.05) is 7.05 Å². The number of benzene rings is 1. The molecule has 17 heavy (non-hydrogen) atoms. The van der Waals surface area contributed by atoms with E-state index in [-0.39, 0.29) is 0 Å². The van der Waals surface area contributed by atoms with Crippen LogP contribution in [0.1, 0.15) is 50.3 Å². The fraction of sp³-hybridized carbons (Fsp3) is 0.600. The summed E-state index contributed by atoms with van der Waals surface area (Å²) in [6.07, 6.45) is 4.69. The van der Waals surface area contributed by atoms with E-state index < -0.39 is 0 Å². The molecule has 0 heterocycles. The van der Waals surface area contributed by atoms with E-state index in [0.717, 1.165) is 6.42 Å². The molecule has 0 spiro atoms. The lowest BCUT2D eigenvalue weighted by Crippen LogP contribution is -2.33. The van der Waals surface area contributed by atoms with Crippen molar-refractivity contribution in [3.8, 4) is 5.75 Å². The van der Waals surface area contributed by atoms with Gasteiger partial charge in [-0.3, -0.25) is 4.90 Å². The molecule has 0 bridgehead atoms. The number of nitrogens with zero attached hydrogens (tertiary/aromatic N) is 1. The maximum Gasteiger partial charge on any atom is 0.115 e. The van der Waals surface area contributed by atoms with Crippen molar-refractivity contribution >= 4 is 0 Å². The first-order valence-corrected chi connectivity index (χ1v) is 6.71. The number of hydrogen-bond donors (Lipinski definition) is 1. The Morgan fingerprint density at radius 2 is 2.06 bits per heavy atom. The summed E-state index contributed by atoms with van der Waals surface area (Å²) >= 11 is 0. The minimum atomic E-state index is 0.398. The van der Waals surface area contributed by atoms with Crippen molar-refractivity contribution in [1.82, 2.24) is 4.90 Å². The predicted octanol–water partition coefficient (Wildman–Crippen LogP) is 3.50. The molecule has 1 unspecified atom stereocenters. The highest BCUT2D eigenvalue weighted by atomic mass is 16.3. The monoisotopic (exact) mass is 233 g/mol. The van der Waals surface area contributed by atoms with E-state index >= 15 is 0 Å². The summed E-state index contributed by atoms with van der Waals surface area (Å²) in [5.41, 5.74) is 2.74. The molecule has 2 rings (SSSR count). The lowest BCUT2D eigenvalue weighted by molar-refractivity contribution is 0.163. The van der Waals surface area contributed by atoms with Gasteiger partial charge >= 0.3 is 0 Å². The number of phenolic OH excluding ortho intramolecular Hbond substituents is 1. The molecule has 1 aromatic rings. The zero-order valence-electron chi connectivity index (χ0n) is 11.1. The van der Waals surface area contributed by atoms with Gasteiger partial charge in [0.2, 0.25) is 0 Å². The molecule has 0 aromatic heterocycles. The lowest BCUT2D eigenvalue weighted by atomic mass is 10.0. The second-order valence-corrected chi connectivity index (χ2v) is 5.07. The van der Waals surface area contributed by atoms with Crippen LogP contribution in [-0.4, -0.2) is 23.1 Å². The number of aryl methyl sites for hydroxylation is 1. The van der Waals surface area contributed by atoms with Gasteiger partial charge < -0.3 is 5.11 Å². The van der Waals surface area contributed by atoms with Crippen LogP contribution in [0.5, 0.6) is 5.75 Å². The van der Waals surface area contributed by atoms with Gasteiger partial charge in [0.1, 0.15) is 5.75 Å². The van der Waals surface area contributed by atoms with Crippen molar-refractivity contribution in [3.63, 3.8) is 0 Å². The summed E-state index contributed by atoms with van der Waals surface area (Å²) in [6, 6.07) is 7.05. The van der Waals surface area contributed by atoms with Crippen molar-refractivity contribution in [2.24, 2.45) is 0 Å². The van der Waals surface area contributed by atoms with Gasteiger partial charge in [0, 0.05) is 12.1 Å². The highest BCUT2D eigenvalue weighted by molar-refractivity contribution is 5.40. The largest absolute Gasteiger partial charge is 0.508 e.